The Morgan fingerprint density at radius 1 is 0.795 bits per heavy atom. The van der Waals surface area contributed by atoms with Crippen LogP contribution in [-0.4, -0.2) is 37.7 Å². The van der Waals surface area contributed by atoms with Gasteiger partial charge in [0.25, 0.3) is 0 Å². The van der Waals surface area contributed by atoms with Gasteiger partial charge in [-0.15, -0.1) is 0 Å². The van der Waals surface area contributed by atoms with E-state index in [1.165, 1.54) is 47.3 Å². The van der Waals surface area contributed by atoms with Gasteiger partial charge >= 0.3 is 0 Å². The number of nitrogens with two attached hydrogens (primary N) is 1. The molecule has 0 saturated carbocycles. The van der Waals surface area contributed by atoms with Crippen LogP contribution >= 0.6 is 39.0 Å². The molecule has 3 aromatic carbocycles. The predicted octanol–water partition coefficient (Wildman–Crippen LogP) is 7.66. The molecule has 230 valence electrons. The molecule has 0 radical (unpaired) electrons. The number of carbonyl (C=O) groups excluding carboxylic acids is 1. The first-order chi connectivity index (χ1) is 20.8. The second-order valence-electron chi connectivity index (χ2n) is 11.2. The summed E-state index contributed by atoms with van der Waals surface area (Å²) in [4.78, 5) is 20.0. The van der Waals surface area contributed by atoms with Gasteiger partial charge in [0.1, 0.15) is 11.6 Å². The normalized spacial score (nSPS) is 11.4. The summed E-state index contributed by atoms with van der Waals surface area (Å²) in [5.74, 6) is -0.401. The van der Waals surface area contributed by atoms with Crippen molar-refractivity contribution >= 4 is 55.2 Å². The Bertz CT molecular complexity index is 1690. The maximum Gasteiger partial charge on any atom is 0.248 e. The van der Waals surface area contributed by atoms with Crippen LogP contribution in [0.3, 0.4) is 0 Å². The van der Waals surface area contributed by atoms with Gasteiger partial charge in [-0.05, 0) is 63.5 Å². The number of aromatic nitrogens is 4. The van der Waals surface area contributed by atoms with E-state index in [-0.39, 0.29) is 22.5 Å². The molecule has 8 nitrogen and oxygen atoms in total. The molecule has 4 N–H and O–H groups in total. The highest BCUT2D eigenvalue weighted by Gasteiger charge is 2.22. The zero-order valence-electron chi connectivity index (χ0n) is 24.6. The summed E-state index contributed by atoms with van der Waals surface area (Å²) >= 11 is 5.77. The van der Waals surface area contributed by atoms with Gasteiger partial charge in [0, 0.05) is 58.1 Å². The quantitative estimate of drug-likeness (QED) is 0.137. The Morgan fingerprint density at radius 3 is 1.77 bits per heavy atom. The fourth-order valence-corrected chi connectivity index (χ4v) is 5.66. The number of carbonyl (C=O) groups is 1. The van der Waals surface area contributed by atoms with Crippen molar-refractivity contribution in [1.82, 2.24) is 18.7 Å². The number of nitrogens with one attached hydrogen (secondary N) is 2. The number of primary amides is 1. The van der Waals surface area contributed by atoms with Crippen molar-refractivity contribution in [3.8, 4) is 11.4 Å². The lowest BCUT2D eigenvalue weighted by atomic mass is 9.84. The van der Waals surface area contributed by atoms with Crippen LogP contribution in [0.15, 0.2) is 77.5 Å². The Balaban J connectivity index is 0.000000215. The summed E-state index contributed by atoms with van der Waals surface area (Å²) < 4.78 is 35.0. The van der Waals surface area contributed by atoms with Crippen LogP contribution in [-0.2, 0) is 10.8 Å². The smallest absolute Gasteiger partial charge is 0.248 e. The first-order valence-electron chi connectivity index (χ1n) is 13.6. The SMILES string of the molecule is CC(C)(CNc1nc(-c2cccc(C(N)=O)c2)ns1)c1ccc(F)cc1.CC(C)(CNc1nc(Br)ns1)c1ccc(F)cc1. The lowest BCUT2D eigenvalue weighted by molar-refractivity contribution is 0.100. The predicted molar refractivity (Wildman–Crippen MR) is 177 cm³/mol. The molecule has 0 atom stereocenters. The molecule has 1 amide bonds. The molecule has 0 bridgehead atoms. The lowest BCUT2D eigenvalue weighted by Crippen LogP contribution is -2.27. The molecule has 5 aromatic rings. The highest BCUT2D eigenvalue weighted by molar-refractivity contribution is 9.10. The third-order valence-corrected chi connectivity index (χ3v) is 8.78. The first-order valence-corrected chi connectivity index (χ1v) is 15.9. The van der Waals surface area contributed by atoms with Crippen LogP contribution in [0.1, 0.15) is 49.2 Å². The minimum absolute atomic E-state index is 0.105. The van der Waals surface area contributed by atoms with Gasteiger partial charge in [-0.25, -0.2) is 8.78 Å². The standard InChI is InChI=1S/C19H19FN4OS.C12H13BrFN3S/c1-19(2,14-6-8-15(20)9-7-14)11-22-18-23-17(24-26-18)13-5-3-4-12(10-13)16(21)25;1-12(2,8-3-5-9(14)6-4-8)7-15-11-16-10(13)17-18-11/h3-10H,11H2,1-2H3,(H2,21,25)(H,22,23,24);3-6H,7H2,1-2H3,(H,15,16,17). The summed E-state index contributed by atoms with van der Waals surface area (Å²) in [6.07, 6.45) is 0. The van der Waals surface area contributed by atoms with E-state index in [0.29, 0.717) is 34.3 Å². The van der Waals surface area contributed by atoms with Gasteiger partial charge in [-0.1, -0.05) is 64.1 Å². The molecule has 0 fully saturated rings. The molecule has 0 aliphatic rings. The molecular formula is C31H32BrF2N7OS2. The maximum atomic E-state index is 13.1. The van der Waals surface area contributed by atoms with E-state index in [1.807, 2.05) is 18.2 Å². The van der Waals surface area contributed by atoms with Gasteiger partial charge in [0.15, 0.2) is 5.82 Å². The van der Waals surface area contributed by atoms with Gasteiger partial charge in [-0.2, -0.15) is 18.7 Å². The number of anilines is 2. The number of hydrogen-bond donors (Lipinski definition) is 3. The van der Waals surface area contributed by atoms with E-state index in [9.17, 15) is 13.6 Å². The Labute approximate surface area is 271 Å². The van der Waals surface area contributed by atoms with E-state index in [4.69, 9.17) is 5.73 Å². The summed E-state index contributed by atoms with van der Waals surface area (Å²) in [5, 5.41) is 7.98. The molecule has 2 aromatic heterocycles. The van der Waals surface area contributed by atoms with Crippen molar-refractivity contribution in [2.45, 2.75) is 38.5 Å². The number of halogens is 3. The summed E-state index contributed by atoms with van der Waals surface area (Å²) in [6, 6.07) is 20.0. The fraction of sp³-hybridized carbons (Fsp3) is 0.258. The highest BCUT2D eigenvalue weighted by Crippen LogP contribution is 2.27. The average molecular weight is 701 g/mol. The van der Waals surface area contributed by atoms with Gasteiger partial charge in [-0.3, -0.25) is 4.79 Å². The summed E-state index contributed by atoms with van der Waals surface area (Å²) in [6.45, 7) is 9.68. The largest absolute Gasteiger partial charge is 0.366 e. The minimum Gasteiger partial charge on any atom is -0.366 e. The zero-order chi connectivity index (χ0) is 31.9. The van der Waals surface area contributed by atoms with E-state index >= 15 is 0 Å². The van der Waals surface area contributed by atoms with Gasteiger partial charge < -0.3 is 16.4 Å². The van der Waals surface area contributed by atoms with Crippen LogP contribution in [0.25, 0.3) is 11.4 Å². The van der Waals surface area contributed by atoms with E-state index in [2.05, 4.69) is 73.0 Å². The number of rotatable bonds is 10. The molecular weight excluding hydrogens is 668 g/mol. The molecule has 0 saturated heterocycles. The highest BCUT2D eigenvalue weighted by atomic mass is 79.9. The van der Waals surface area contributed by atoms with Crippen molar-refractivity contribution in [2.75, 3.05) is 23.7 Å². The topological polar surface area (TPSA) is 119 Å². The second-order valence-corrected chi connectivity index (χ2v) is 13.4. The van der Waals surface area contributed by atoms with Crippen LogP contribution in [0.5, 0.6) is 0 Å². The zero-order valence-corrected chi connectivity index (χ0v) is 27.8. The van der Waals surface area contributed by atoms with E-state index in [0.717, 1.165) is 21.8 Å². The Morgan fingerprint density at radius 2 is 1.30 bits per heavy atom. The van der Waals surface area contributed by atoms with Crippen LogP contribution in [0.2, 0.25) is 0 Å². The first kappa shape index (κ1) is 33.1. The van der Waals surface area contributed by atoms with Crippen molar-refractivity contribution < 1.29 is 13.6 Å². The summed E-state index contributed by atoms with van der Waals surface area (Å²) in [7, 11) is 0. The fourth-order valence-electron chi connectivity index (χ4n) is 4.10. The Hall–Kier alpha value is -3.81. The number of hydrogen-bond acceptors (Lipinski definition) is 9. The van der Waals surface area contributed by atoms with E-state index in [1.54, 1.807) is 30.3 Å². The third-order valence-electron chi connectivity index (χ3n) is 6.85. The van der Waals surface area contributed by atoms with Crippen molar-refractivity contribution in [3.05, 3.63) is 106 Å². The summed E-state index contributed by atoms with van der Waals surface area (Å²) in [5.41, 5.74) is 8.28. The van der Waals surface area contributed by atoms with E-state index < -0.39 is 5.91 Å². The monoisotopic (exact) mass is 699 g/mol. The molecule has 0 spiro atoms. The maximum absolute atomic E-state index is 13.1. The molecule has 13 heteroatoms. The number of benzene rings is 3. The molecule has 0 unspecified atom stereocenters. The minimum atomic E-state index is -0.485. The van der Waals surface area contributed by atoms with Crippen LogP contribution in [0, 0.1) is 11.6 Å². The van der Waals surface area contributed by atoms with Crippen LogP contribution in [0.4, 0.5) is 19.0 Å². The molecule has 0 aliphatic heterocycles. The van der Waals surface area contributed by atoms with Crippen molar-refractivity contribution in [1.29, 1.82) is 0 Å². The molecule has 0 aliphatic carbocycles. The third kappa shape index (κ3) is 9.10. The lowest BCUT2D eigenvalue weighted by Gasteiger charge is -2.25. The second kappa shape index (κ2) is 14.3. The molecule has 44 heavy (non-hydrogen) atoms. The van der Waals surface area contributed by atoms with Crippen LogP contribution < -0.4 is 16.4 Å². The number of nitrogens with zero attached hydrogens (tertiary/aromatic N) is 4. The Kier molecular flexibility index (Phi) is 10.8. The average Bonchev–Trinajstić information content (AvgIpc) is 3.65. The van der Waals surface area contributed by atoms with Gasteiger partial charge in [0.05, 0.1) is 0 Å². The van der Waals surface area contributed by atoms with Crippen molar-refractivity contribution in [2.24, 2.45) is 5.73 Å². The number of amides is 1. The molecule has 2 heterocycles. The molecule has 5 rings (SSSR count). The van der Waals surface area contributed by atoms with Crippen molar-refractivity contribution in [3.63, 3.8) is 0 Å². The van der Waals surface area contributed by atoms with Gasteiger partial charge in [0.2, 0.25) is 20.9 Å².